The fourth-order valence-electron chi connectivity index (χ4n) is 2.97. The summed E-state index contributed by atoms with van der Waals surface area (Å²) in [6.45, 7) is 0.673. The number of aromatic nitrogens is 2. The van der Waals surface area contributed by atoms with Gasteiger partial charge in [-0.1, -0.05) is 48.5 Å². The Labute approximate surface area is 155 Å². The number of aromatic amines is 1. The zero-order chi connectivity index (χ0) is 17.9. The van der Waals surface area contributed by atoms with Crippen LogP contribution in [-0.2, 0) is 17.7 Å². The lowest BCUT2D eigenvalue weighted by atomic mass is 10.2. The number of fused-ring (bicyclic) bond motifs is 1. The Hall–Kier alpha value is -2.76. The lowest BCUT2D eigenvalue weighted by Gasteiger charge is -2.20. The molecule has 0 amide bonds. The lowest BCUT2D eigenvalue weighted by Crippen LogP contribution is -2.18. The third kappa shape index (κ3) is 3.31. The van der Waals surface area contributed by atoms with Gasteiger partial charge in [-0.25, -0.2) is 0 Å². The van der Waals surface area contributed by atoms with Crippen LogP contribution in [-0.4, -0.2) is 21.6 Å². The molecule has 0 saturated carbocycles. The van der Waals surface area contributed by atoms with E-state index in [9.17, 15) is 4.55 Å². The standard InChI is InChI=1S/C21H19N3OS/c1-24(17-10-3-2-4-11-17)15-16-9-5-8-14-20(16)26(25)21-22-18-12-6-7-13-19(18)23-21/h2-14H,15H2,1H3,(H,22,23). The van der Waals surface area contributed by atoms with E-state index in [1.54, 1.807) is 0 Å². The molecular formula is C21H19N3OS. The van der Waals surface area contributed by atoms with Crippen molar-refractivity contribution in [3.8, 4) is 0 Å². The van der Waals surface area contributed by atoms with Crippen molar-refractivity contribution in [2.75, 3.05) is 11.9 Å². The van der Waals surface area contributed by atoms with Crippen LogP contribution >= 0.6 is 0 Å². The maximum absolute atomic E-state index is 13.2. The summed E-state index contributed by atoms with van der Waals surface area (Å²) in [7, 11) is 2.04. The van der Waals surface area contributed by atoms with E-state index >= 15 is 0 Å². The first-order chi connectivity index (χ1) is 12.7. The normalized spacial score (nSPS) is 12.2. The van der Waals surface area contributed by atoms with E-state index < -0.39 is 11.2 Å². The van der Waals surface area contributed by atoms with Crippen LogP contribution in [0.2, 0.25) is 0 Å². The minimum atomic E-state index is -1.36. The minimum Gasteiger partial charge on any atom is -0.604 e. The summed E-state index contributed by atoms with van der Waals surface area (Å²) in [6, 6.07) is 25.7. The van der Waals surface area contributed by atoms with Crippen LogP contribution < -0.4 is 4.90 Å². The molecular weight excluding hydrogens is 342 g/mol. The molecule has 1 aromatic heterocycles. The number of hydrogen-bond acceptors (Lipinski definition) is 3. The molecule has 0 aliphatic rings. The number of para-hydroxylation sites is 3. The SMILES string of the molecule is CN(Cc1ccccc1[S+]([O-])c1nc2ccccc2[nH]1)c1ccccc1. The number of imidazole rings is 1. The van der Waals surface area contributed by atoms with Gasteiger partial charge in [0.15, 0.2) is 4.90 Å². The smallest absolute Gasteiger partial charge is 0.327 e. The summed E-state index contributed by atoms with van der Waals surface area (Å²) in [5.41, 5.74) is 3.87. The molecule has 1 N–H and O–H groups in total. The Bertz CT molecular complexity index is 983. The molecule has 4 nitrogen and oxygen atoms in total. The van der Waals surface area contributed by atoms with Gasteiger partial charge in [0.05, 0.1) is 22.2 Å². The first-order valence-electron chi connectivity index (χ1n) is 8.43. The van der Waals surface area contributed by atoms with Crippen molar-refractivity contribution in [2.24, 2.45) is 0 Å². The molecule has 4 rings (SSSR count). The molecule has 0 bridgehead atoms. The van der Waals surface area contributed by atoms with E-state index in [4.69, 9.17) is 0 Å². The Balaban J connectivity index is 1.64. The predicted octanol–water partition coefficient (Wildman–Crippen LogP) is 4.37. The largest absolute Gasteiger partial charge is 0.604 e. The number of nitrogens with zero attached hydrogens (tertiary/aromatic N) is 2. The van der Waals surface area contributed by atoms with Gasteiger partial charge in [-0.3, -0.25) is 4.98 Å². The van der Waals surface area contributed by atoms with Crippen LogP contribution in [0.1, 0.15) is 5.56 Å². The summed E-state index contributed by atoms with van der Waals surface area (Å²) in [5.74, 6) is 0. The summed E-state index contributed by atoms with van der Waals surface area (Å²) in [5, 5.41) is 0.487. The molecule has 3 aromatic carbocycles. The molecule has 4 aromatic rings. The summed E-state index contributed by atoms with van der Waals surface area (Å²) >= 11 is -1.36. The third-order valence-corrected chi connectivity index (χ3v) is 5.66. The van der Waals surface area contributed by atoms with Gasteiger partial charge in [0.2, 0.25) is 0 Å². The topological polar surface area (TPSA) is 55.0 Å². The molecule has 0 saturated heterocycles. The van der Waals surface area contributed by atoms with Crippen LogP contribution in [0.4, 0.5) is 5.69 Å². The number of anilines is 1. The van der Waals surface area contributed by atoms with Crippen LogP contribution in [0.15, 0.2) is 88.9 Å². The first kappa shape index (κ1) is 16.7. The molecule has 0 spiro atoms. The average molecular weight is 361 g/mol. The molecule has 1 unspecified atom stereocenters. The molecule has 0 aliphatic carbocycles. The van der Waals surface area contributed by atoms with Gasteiger partial charge in [0.25, 0.3) is 0 Å². The van der Waals surface area contributed by atoms with Crippen LogP contribution in [0.25, 0.3) is 11.0 Å². The molecule has 5 heteroatoms. The Morgan fingerprint density at radius 2 is 1.62 bits per heavy atom. The highest BCUT2D eigenvalue weighted by molar-refractivity contribution is 7.91. The summed E-state index contributed by atoms with van der Waals surface area (Å²) in [4.78, 5) is 10.6. The second kappa shape index (κ2) is 7.23. The number of benzene rings is 3. The Kier molecular flexibility index (Phi) is 4.65. The number of rotatable bonds is 5. The molecule has 26 heavy (non-hydrogen) atoms. The second-order valence-corrected chi connectivity index (χ2v) is 7.49. The van der Waals surface area contributed by atoms with Crippen molar-refractivity contribution in [1.82, 2.24) is 9.97 Å². The maximum Gasteiger partial charge on any atom is 0.327 e. The van der Waals surface area contributed by atoms with Crippen molar-refractivity contribution in [1.29, 1.82) is 0 Å². The predicted molar refractivity (Wildman–Crippen MR) is 106 cm³/mol. The van der Waals surface area contributed by atoms with Gasteiger partial charge in [0.1, 0.15) is 0 Å². The monoisotopic (exact) mass is 361 g/mol. The lowest BCUT2D eigenvalue weighted by molar-refractivity contribution is 0.587. The van der Waals surface area contributed by atoms with Gasteiger partial charge in [-0.15, -0.1) is 0 Å². The molecule has 0 fully saturated rings. The van der Waals surface area contributed by atoms with Gasteiger partial charge >= 0.3 is 5.16 Å². The molecule has 0 aliphatic heterocycles. The molecule has 130 valence electrons. The average Bonchev–Trinajstić information content (AvgIpc) is 3.13. The summed E-state index contributed by atoms with van der Waals surface area (Å²) in [6.07, 6.45) is 0. The maximum atomic E-state index is 13.2. The highest BCUT2D eigenvalue weighted by Gasteiger charge is 2.23. The fraction of sp³-hybridized carbons (Fsp3) is 0.0952. The van der Waals surface area contributed by atoms with Crippen molar-refractivity contribution in [3.05, 3.63) is 84.4 Å². The van der Waals surface area contributed by atoms with Crippen LogP contribution in [0.5, 0.6) is 0 Å². The highest BCUT2D eigenvalue weighted by atomic mass is 32.2. The van der Waals surface area contributed by atoms with Crippen molar-refractivity contribution in [3.63, 3.8) is 0 Å². The number of hydrogen-bond donors (Lipinski definition) is 1. The van der Waals surface area contributed by atoms with E-state index in [2.05, 4.69) is 27.0 Å². The van der Waals surface area contributed by atoms with Gasteiger partial charge < -0.3 is 9.45 Å². The van der Waals surface area contributed by atoms with E-state index in [-0.39, 0.29) is 0 Å². The van der Waals surface area contributed by atoms with Gasteiger partial charge in [-0.2, -0.15) is 4.98 Å². The zero-order valence-corrected chi connectivity index (χ0v) is 15.2. The van der Waals surface area contributed by atoms with Crippen LogP contribution in [0.3, 0.4) is 0 Å². The van der Waals surface area contributed by atoms with Gasteiger partial charge in [0, 0.05) is 24.8 Å². The van der Waals surface area contributed by atoms with Crippen molar-refractivity contribution >= 4 is 27.9 Å². The quantitative estimate of drug-likeness (QED) is 0.537. The van der Waals surface area contributed by atoms with E-state index in [0.717, 1.165) is 27.2 Å². The Morgan fingerprint density at radius 1 is 0.923 bits per heavy atom. The third-order valence-electron chi connectivity index (χ3n) is 4.32. The van der Waals surface area contributed by atoms with E-state index in [0.29, 0.717) is 11.7 Å². The molecule has 0 radical (unpaired) electrons. The molecule has 1 atom stereocenters. The second-order valence-electron chi connectivity index (χ2n) is 6.13. The fourth-order valence-corrected chi connectivity index (χ4v) is 4.13. The highest BCUT2D eigenvalue weighted by Crippen LogP contribution is 2.26. The zero-order valence-electron chi connectivity index (χ0n) is 14.4. The first-order valence-corrected chi connectivity index (χ1v) is 9.58. The van der Waals surface area contributed by atoms with Gasteiger partial charge in [-0.05, 0) is 30.3 Å². The minimum absolute atomic E-state index is 0.487. The van der Waals surface area contributed by atoms with Crippen molar-refractivity contribution in [2.45, 2.75) is 16.6 Å². The summed E-state index contributed by atoms with van der Waals surface area (Å²) < 4.78 is 13.2. The van der Waals surface area contributed by atoms with Crippen LogP contribution in [0, 0.1) is 0 Å². The Morgan fingerprint density at radius 3 is 2.42 bits per heavy atom. The number of nitrogens with one attached hydrogen (secondary N) is 1. The van der Waals surface area contributed by atoms with E-state index in [1.165, 1.54) is 0 Å². The number of H-pyrrole nitrogens is 1. The van der Waals surface area contributed by atoms with Crippen molar-refractivity contribution < 1.29 is 4.55 Å². The van der Waals surface area contributed by atoms with E-state index in [1.807, 2.05) is 73.8 Å². The molecule has 1 heterocycles.